The largest absolute Gasteiger partial charge is 0.480 e. The van der Waals surface area contributed by atoms with Gasteiger partial charge >= 0.3 is 5.97 Å². The summed E-state index contributed by atoms with van der Waals surface area (Å²) < 4.78 is 0. The zero-order valence-electron chi connectivity index (χ0n) is 19.5. The van der Waals surface area contributed by atoms with Crippen molar-refractivity contribution in [3.8, 4) is 0 Å². The van der Waals surface area contributed by atoms with E-state index >= 15 is 0 Å². The van der Waals surface area contributed by atoms with Crippen LogP contribution in [0.3, 0.4) is 0 Å². The summed E-state index contributed by atoms with van der Waals surface area (Å²) in [4.78, 5) is 52.3. The van der Waals surface area contributed by atoms with Crippen LogP contribution in [0.15, 0.2) is 30.5 Å². The predicted molar refractivity (Wildman–Crippen MR) is 128 cm³/mol. The summed E-state index contributed by atoms with van der Waals surface area (Å²) in [6, 6.07) is 3.55. The number of carboxylic acids is 1. The maximum absolute atomic E-state index is 12.7. The number of hydrogen-bond donors (Lipinski definition) is 7. The average Bonchev–Trinajstić information content (AvgIpc) is 3.20. The highest BCUT2D eigenvalue weighted by Gasteiger charge is 2.28. The fourth-order valence-electron chi connectivity index (χ4n) is 3.46. The van der Waals surface area contributed by atoms with Crippen LogP contribution in [-0.2, 0) is 25.6 Å². The molecule has 11 heteroatoms. The first-order valence-electron chi connectivity index (χ1n) is 11.3. The van der Waals surface area contributed by atoms with Gasteiger partial charge in [0.05, 0.1) is 6.04 Å². The Labute approximate surface area is 198 Å². The number of rotatable bonds is 13. The molecule has 11 nitrogen and oxygen atoms in total. The van der Waals surface area contributed by atoms with Gasteiger partial charge in [-0.3, -0.25) is 14.4 Å². The Kier molecular flexibility index (Phi) is 10.0. The lowest BCUT2D eigenvalue weighted by atomic mass is 10.0. The highest BCUT2D eigenvalue weighted by molar-refractivity contribution is 5.94. The number of hydrogen-bond acceptors (Lipinski definition) is 6. The number of unbranched alkanes of at least 4 members (excludes halogenated alkanes) is 1. The fraction of sp³-hybridized carbons (Fsp3) is 0.478. The van der Waals surface area contributed by atoms with Crippen LogP contribution in [-0.4, -0.2) is 64.5 Å². The van der Waals surface area contributed by atoms with Gasteiger partial charge in [0.1, 0.15) is 18.1 Å². The van der Waals surface area contributed by atoms with Crippen LogP contribution in [0.1, 0.15) is 38.7 Å². The molecule has 186 valence electrons. The molecule has 2 rings (SSSR count). The molecule has 1 aromatic heterocycles. The Bertz CT molecular complexity index is 1000. The summed E-state index contributed by atoms with van der Waals surface area (Å²) in [6.45, 7) is 3.39. The number of carbonyl (C=O) groups excluding carboxylic acids is 3. The average molecular weight is 475 g/mol. The quantitative estimate of drug-likeness (QED) is 0.194. The van der Waals surface area contributed by atoms with Crippen molar-refractivity contribution in [1.29, 1.82) is 0 Å². The molecule has 4 atom stereocenters. The molecule has 0 saturated heterocycles. The van der Waals surface area contributed by atoms with Crippen molar-refractivity contribution in [2.75, 3.05) is 6.54 Å². The smallest absolute Gasteiger partial charge is 0.326 e. The van der Waals surface area contributed by atoms with Crippen LogP contribution in [0.25, 0.3) is 10.9 Å². The van der Waals surface area contributed by atoms with E-state index in [2.05, 4.69) is 20.9 Å². The molecule has 0 aliphatic carbocycles. The molecule has 1 heterocycles. The topological polar surface area (TPSA) is 192 Å². The van der Waals surface area contributed by atoms with E-state index in [9.17, 15) is 24.3 Å². The van der Waals surface area contributed by atoms with E-state index in [4.69, 9.17) is 11.5 Å². The SMILES string of the molecule is CC(N)C(=O)NC(CCCCN)C(=O)NC(C)C(=O)NC(Cc1c[nH]c2ccccc12)C(=O)O. The second kappa shape index (κ2) is 12.7. The monoisotopic (exact) mass is 474 g/mol. The van der Waals surface area contributed by atoms with Gasteiger partial charge in [0.2, 0.25) is 17.7 Å². The fourth-order valence-corrected chi connectivity index (χ4v) is 3.46. The number of fused-ring (bicyclic) bond motifs is 1. The standard InChI is InChI=1S/C23H34N6O5/c1-13(25)20(30)28-18(9-5-6-10-24)22(32)27-14(2)21(31)29-19(23(33)34)11-15-12-26-17-8-4-3-7-16(15)17/h3-4,7-8,12-14,18-19,26H,5-6,9-11,24-25H2,1-2H3,(H,27,32)(H,28,30)(H,29,31)(H,33,34). The molecule has 0 fully saturated rings. The van der Waals surface area contributed by atoms with E-state index in [0.29, 0.717) is 25.8 Å². The van der Waals surface area contributed by atoms with Gasteiger partial charge in [-0.1, -0.05) is 18.2 Å². The zero-order chi connectivity index (χ0) is 25.3. The highest BCUT2D eigenvalue weighted by atomic mass is 16.4. The van der Waals surface area contributed by atoms with Crippen molar-refractivity contribution in [3.05, 3.63) is 36.0 Å². The third-order valence-corrected chi connectivity index (χ3v) is 5.46. The van der Waals surface area contributed by atoms with Crippen LogP contribution < -0.4 is 27.4 Å². The van der Waals surface area contributed by atoms with Crippen LogP contribution >= 0.6 is 0 Å². The third-order valence-electron chi connectivity index (χ3n) is 5.46. The number of para-hydroxylation sites is 1. The molecule has 4 unspecified atom stereocenters. The Morgan fingerprint density at radius 1 is 0.971 bits per heavy atom. The maximum atomic E-state index is 12.7. The number of nitrogens with two attached hydrogens (primary N) is 2. The van der Waals surface area contributed by atoms with Gasteiger partial charge in [-0.05, 0) is 51.3 Å². The van der Waals surface area contributed by atoms with Crippen molar-refractivity contribution in [3.63, 3.8) is 0 Å². The first-order chi connectivity index (χ1) is 16.1. The molecule has 0 aliphatic rings. The summed E-state index contributed by atoms with van der Waals surface area (Å²) in [5.41, 5.74) is 12.7. The van der Waals surface area contributed by atoms with Crippen molar-refractivity contribution < 1.29 is 24.3 Å². The number of benzene rings is 1. The van der Waals surface area contributed by atoms with Crippen LogP contribution in [0.5, 0.6) is 0 Å². The lowest BCUT2D eigenvalue weighted by molar-refractivity contribution is -0.142. The van der Waals surface area contributed by atoms with Gasteiger partial charge in [0.15, 0.2) is 0 Å². The second-order valence-electron chi connectivity index (χ2n) is 8.33. The van der Waals surface area contributed by atoms with E-state index in [0.717, 1.165) is 16.5 Å². The molecule has 0 aliphatic heterocycles. The minimum atomic E-state index is -1.19. The molecular formula is C23H34N6O5. The molecule has 0 bridgehead atoms. The summed E-state index contributed by atoms with van der Waals surface area (Å²) in [5, 5.41) is 18.1. The summed E-state index contributed by atoms with van der Waals surface area (Å²) in [7, 11) is 0. The molecule has 0 saturated carbocycles. The molecule has 0 spiro atoms. The molecule has 3 amide bonds. The van der Waals surface area contributed by atoms with E-state index in [1.165, 1.54) is 13.8 Å². The van der Waals surface area contributed by atoms with Crippen LogP contribution in [0.2, 0.25) is 0 Å². The van der Waals surface area contributed by atoms with Gasteiger partial charge in [-0.25, -0.2) is 4.79 Å². The molecular weight excluding hydrogens is 440 g/mol. The summed E-state index contributed by atoms with van der Waals surface area (Å²) >= 11 is 0. The van der Waals surface area contributed by atoms with Crippen molar-refractivity contribution in [2.45, 2.75) is 63.7 Å². The number of aliphatic carboxylic acids is 1. The Hall–Kier alpha value is -3.44. The van der Waals surface area contributed by atoms with Gasteiger partial charge in [0, 0.05) is 23.5 Å². The number of amides is 3. The number of aromatic nitrogens is 1. The number of carbonyl (C=O) groups is 4. The molecule has 9 N–H and O–H groups in total. The lowest BCUT2D eigenvalue weighted by Crippen LogP contribution is -2.56. The Morgan fingerprint density at radius 3 is 2.29 bits per heavy atom. The Morgan fingerprint density at radius 2 is 1.65 bits per heavy atom. The number of nitrogens with one attached hydrogen (secondary N) is 4. The van der Waals surface area contributed by atoms with Crippen molar-refractivity contribution in [2.24, 2.45) is 11.5 Å². The zero-order valence-corrected chi connectivity index (χ0v) is 19.5. The molecule has 0 radical (unpaired) electrons. The molecule has 2 aromatic rings. The van der Waals surface area contributed by atoms with E-state index < -0.39 is 47.9 Å². The Balaban J connectivity index is 2.02. The van der Waals surface area contributed by atoms with Gasteiger partial charge in [-0.2, -0.15) is 0 Å². The number of aromatic amines is 1. The van der Waals surface area contributed by atoms with Gasteiger partial charge in [0.25, 0.3) is 0 Å². The molecule has 34 heavy (non-hydrogen) atoms. The number of carboxylic acid groups (broad SMARTS) is 1. The third kappa shape index (κ3) is 7.56. The van der Waals surface area contributed by atoms with E-state index in [1.807, 2.05) is 24.3 Å². The summed E-state index contributed by atoms with van der Waals surface area (Å²) in [6.07, 6.45) is 3.37. The first kappa shape index (κ1) is 26.8. The van der Waals surface area contributed by atoms with E-state index in [-0.39, 0.29) is 6.42 Å². The minimum absolute atomic E-state index is 0.0674. The molecule has 1 aromatic carbocycles. The minimum Gasteiger partial charge on any atom is -0.480 e. The van der Waals surface area contributed by atoms with Crippen LogP contribution in [0.4, 0.5) is 0 Å². The lowest BCUT2D eigenvalue weighted by Gasteiger charge is -2.23. The maximum Gasteiger partial charge on any atom is 0.326 e. The van der Waals surface area contributed by atoms with Crippen molar-refractivity contribution in [1.82, 2.24) is 20.9 Å². The normalized spacial score (nSPS) is 14.6. The summed E-state index contributed by atoms with van der Waals surface area (Å²) in [5.74, 6) is -2.90. The van der Waals surface area contributed by atoms with Gasteiger partial charge in [-0.15, -0.1) is 0 Å². The van der Waals surface area contributed by atoms with Gasteiger partial charge < -0.3 is 37.5 Å². The highest BCUT2D eigenvalue weighted by Crippen LogP contribution is 2.19. The van der Waals surface area contributed by atoms with E-state index in [1.54, 1.807) is 6.20 Å². The predicted octanol–water partition coefficient (Wildman–Crippen LogP) is -0.254. The first-order valence-corrected chi connectivity index (χ1v) is 11.3. The number of H-pyrrole nitrogens is 1. The van der Waals surface area contributed by atoms with Crippen molar-refractivity contribution >= 4 is 34.6 Å². The second-order valence-corrected chi connectivity index (χ2v) is 8.33. The van der Waals surface area contributed by atoms with Crippen LogP contribution in [0, 0.1) is 0 Å².